The molecule has 1 aliphatic rings. The normalized spacial score (nSPS) is 20.9. The number of benzene rings is 2. The van der Waals surface area contributed by atoms with Crippen molar-refractivity contribution < 1.29 is 13.9 Å². The van der Waals surface area contributed by atoms with E-state index in [1.165, 1.54) is 11.5 Å². The molecule has 140 valence electrons. The van der Waals surface area contributed by atoms with Crippen molar-refractivity contribution in [3.05, 3.63) is 77.6 Å². The molecule has 0 N–H and O–H groups in total. The number of rotatable bonds is 5. The summed E-state index contributed by atoms with van der Waals surface area (Å²) >= 11 is 0. The Morgan fingerprint density at radius 1 is 1.30 bits per heavy atom. The summed E-state index contributed by atoms with van der Waals surface area (Å²) in [4.78, 5) is 14.6. The van der Waals surface area contributed by atoms with Crippen LogP contribution in [0.5, 0.6) is 0 Å². The first kappa shape index (κ1) is 19.2. The van der Waals surface area contributed by atoms with Crippen LogP contribution in [0.3, 0.4) is 0 Å². The van der Waals surface area contributed by atoms with Crippen molar-refractivity contribution in [1.82, 2.24) is 4.90 Å². The Hall–Kier alpha value is -2.56. The third-order valence-electron chi connectivity index (χ3n) is 5.25. The number of halogens is 1. The minimum atomic E-state index is -1.00. The molecule has 1 saturated heterocycles. The van der Waals surface area contributed by atoms with Gasteiger partial charge < -0.3 is 9.64 Å². The molecule has 0 saturated carbocycles. The van der Waals surface area contributed by atoms with E-state index < -0.39 is 11.7 Å². The lowest BCUT2D eigenvalue weighted by Gasteiger charge is -2.43. The molecule has 1 heterocycles. The molecule has 2 atom stereocenters. The summed E-state index contributed by atoms with van der Waals surface area (Å²) in [7, 11) is 2.03. The Bertz CT molecular complexity index is 852. The van der Waals surface area contributed by atoms with Gasteiger partial charge in [-0.15, -0.1) is 0 Å². The standard InChI is InChI=1S/C22H25BFNO2/c1-15(2)14-22(19-6-4-5-7-20(19)24)12-13-25(21(26)27-22)16(3)17-8-10-18(23)11-9-17/h4-11,16H,1,12-14,23H2,2-3H3/t16-,22?/m0/s1. The molecule has 0 aromatic heterocycles. The van der Waals surface area contributed by atoms with E-state index >= 15 is 0 Å². The fourth-order valence-electron chi connectivity index (χ4n) is 3.77. The average Bonchev–Trinajstić information content (AvgIpc) is 2.61. The number of hydrogen-bond acceptors (Lipinski definition) is 2. The second-order valence-corrected chi connectivity index (χ2v) is 7.51. The van der Waals surface area contributed by atoms with Crippen LogP contribution in [0.4, 0.5) is 9.18 Å². The van der Waals surface area contributed by atoms with Gasteiger partial charge in [0.05, 0.1) is 6.04 Å². The molecule has 2 aromatic rings. The second kappa shape index (κ2) is 7.59. The lowest BCUT2D eigenvalue weighted by Crippen LogP contribution is -2.49. The van der Waals surface area contributed by atoms with Gasteiger partial charge in [0.25, 0.3) is 0 Å². The maximum atomic E-state index is 14.5. The zero-order valence-corrected chi connectivity index (χ0v) is 16.2. The van der Waals surface area contributed by atoms with E-state index in [-0.39, 0.29) is 11.9 Å². The van der Waals surface area contributed by atoms with Crippen LogP contribution in [-0.2, 0) is 10.3 Å². The molecule has 0 radical (unpaired) electrons. The Morgan fingerprint density at radius 2 is 1.96 bits per heavy atom. The first-order chi connectivity index (χ1) is 12.8. The lowest BCUT2D eigenvalue weighted by molar-refractivity contribution is -0.0620. The van der Waals surface area contributed by atoms with Gasteiger partial charge in [-0.25, -0.2) is 9.18 Å². The summed E-state index contributed by atoms with van der Waals surface area (Å²) < 4.78 is 20.4. The number of ether oxygens (including phenoxy) is 1. The van der Waals surface area contributed by atoms with E-state index in [4.69, 9.17) is 4.74 Å². The highest BCUT2D eigenvalue weighted by Crippen LogP contribution is 2.42. The van der Waals surface area contributed by atoms with Crippen molar-refractivity contribution in [2.75, 3.05) is 6.54 Å². The molecule has 1 unspecified atom stereocenters. The Labute approximate surface area is 161 Å². The van der Waals surface area contributed by atoms with Crippen LogP contribution in [0.25, 0.3) is 0 Å². The van der Waals surface area contributed by atoms with Crippen molar-refractivity contribution in [3.8, 4) is 0 Å². The van der Waals surface area contributed by atoms with Gasteiger partial charge in [-0.1, -0.05) is 60.1 Å². The van der Waals surface area contributed by atoms with Crippen LogP contribution in [0.1, 0.15) is 43.9 Å². The fraction of sp³-hybridized carbons (Fsp3) is 0.318. The maximum Gasteiger partial charge on any atom is 0.411 e. The van der Waals surface area contributed by atoms with Crippen LogP contribution in [0, 0.1) is 5.82 Å². The van der Waals surface area contributed by atoms with Crippen molar-refractivity contribution in [1.29, 1.82) is 0 Å². The van der Waals surface area contributed by atoms with E-state index in [1.807, 2.05) is 46.0 Å². The first-order valence-corrected chi connectivity index (χ1v) is 9.28. The summed E-state index contributed by atoms with van der Waals surface area (Å²) in [6.45, 7) is 8.31. The minimum Gasteiger partial charge on any atom is -0.437 e. The molecule has 0 spiro atoms. The zero-order valence-electron chi connectivity index (χ0n) is 16.2. The lowest BCUT2D eigenvalue weighted by atomic mass is 9.83. The molecule has 0 bridgehead atoms. The number of cyclic esters (lactones) is 1. The maximum absolute atomic E-state index is 14.5. The van der Waals surface area contributed by atoms with E-state index in [2.05, 4.69) is 6.58 Å². The first-order valence-electron chi connectivity index (χ1n) is 9.28. The third kappa shape index (κ3) is 3.92. The fourth-order valence-corrected chi connectivity index (χ4v) is 3.77. The topological polar surface area (TPSA) is 29.5 Å². The van der Waals surface area contributed by atoms with E-state index in [9.17, 15) is 9.18 Å². The van der Waals surface area contributed by atoms with Crippen LogP contribution in [-0.4, -0.2) is 25.4 Å². The molecule has 3 rings (SSSR count). The zero-order chi connectivity index (χ0) is 19.6. The SMILES string of the molecule is Bc1ccc([C@H](C)N2CCC(CC(=C)C)(c3ccccc3F)OC2=O)cc1. The van der Waals surface area contributed by atoms with Crippen molar-refractivity contribution in [2.24, 2.45) is 0 Å². The van der Waals surface area contributed by atoms with Crippen molar-refractivity contribution in [2.45, 2.75) is 38.3 Å². The van der Waals surface area contributed by atoms with Gasteiger partial charge in [0.1, 0.15) is 19.3 Å². The molecule has 1 fully saturated rings. The van der Waals surface area contributed by atoms with Gasteiger partial charge in [-0.2, -0.15) is 0 Å². The van der Waals surface area contributed by atoms with Gasteiger partial charge in [0, 0.05) is 24.9 Å². The summed E-state index contributed by atoms with van der Waals surface area (Å²) in [5, 5.41) is 0. The summed E-state index contributed by atoms with van der Waals surface area (Å²) in [5.74, 6) is -0.355. The van der Waals surface area contributed by atoms with E-state index in [0.29, 0.717) is 24.9 Å². The quantitative estimate of drug-likeness (QED) is 0.595. The van der Waals surface area contributed by atoms with Crippen LogP contribution in [0.15, 0.2) is 60.7 Å². The second-order valence-electron chi connectivity index (χ2n) is 7.51. The molecule has 27 heavy (non-hydrogen) atoms. The molecular weight excluding hydrogens is 340 g/mol. The predicted molar refractivity (Wildman–Crippen MR) is 108 cm³/mol. The summed E-state index contributed by atoms with van der Waals surface area (Å²) in [6, 6.07) is 14.5. The van der Waals surface area contributed by atoms with Crippen molar-refractivity contribution >= 4 is 19.4 Å². The van der Waals surface area contributed by atoms with Gasteiger partial charge in [-0.05, 0) is 25.5 Å². The number of hydrogen-bond donors (Lipinski definition) is 0. The summed E-state index contributed by atoms with van der Waals surface area (Å²) in [6.07, 6.45) is 0.508. The molecule has 0 aliphatic carbocycles. The molecule has 5 heteroatoms. The number of carbonyl (C=O) groups is 1. The highest BCUT2D eigenvalue weighted by molar-refractivity contribution is 6.32. The number of carbonyl (C=O) groups excluding carboxylic acids is 1. The highest BCUT2D eigenvalue weighted by Gasteiger charge is 2.44. The highest BCUT2D eigenvalue weighted by atomic mass is 19.1. The van der Waals surface area contributed by atoms with E-state index in [0.717, 1.165) is 11.1 Å². The van der Waals surface area contributed by atoms with Gasteiger partial charge in [-0.3, -0.25) is 0 Å². The molecule has 1 amide bonds. The predicted octanol–water partition coefficient (Wildman–Crippen LogP) is 3.85. The molecule has 1 aliphatic heterocycles. The third-order valence-corrected chi connectivity index (χ3v) is 5.25. The van der Waals surface area contributed by atoms with Crippen molar-refractivity contribution in [3.63, 3.8) is 0 Å². The Kier molecular flexibility index (Phi) is 5.40. The van der Waals surface area contributed by atoms with Crippen LogP contribution >= 0.6 is 0 Å². The van der Waals surface area contributed by atoms with Crippen LogP contribution < -0.4 is 5.46 Å². The Morgan fingerprint density at radius 3 is 2.56 bits per heavy atom. The van der Waals surface area contributed by atoms with Gasteiger partial charge >= 0.3 is 6.09 Å². The average molecular weight is 365 g/mol. The largest absolute Gasteiger partial charge is 0.437 e. The Balaban J connectivity index is 1.88. The van der Waals surface area contributed by atoms with Gasteiger partial charge in [0.15, 0.2) is 0 Å². The smallest absolute Gasteiger partial charge is 0.411 e. The molecular formula is C22H25BFNO2. The molecule has 2 aromatic carbocycles. The van der Waals surface area contributed by atoms with Gasteiger partial charge in [0.2, 0.25) is 0 Å². The molecule has 3 nitrogen and oxygen atoms in total. The monoisotopic (exact) mass is 365 g/mol. The number of nitrogens with zero attached hydrogens (tertiary/aromatic N) is 1. The number of amides is 1. The van der Waals surface area contributed by atoms with Crippen LogP contribution in [0.2, 0.25) is 0 Å². The summed E-state index contributed by atoms with van der Waals surface area (Å²) in [5.41, 5.74) is 2.50. The van der Waals surface area contributed by atoms with E-state index in [1.54, 1.807) is 23.1 Å². The minimum absolute atomic E-state index is 0.110.